The van der Waals surface area contributed by atoms with Gasteiger partial charge < -0.3 is 10.3 Å². The molecule has 0 spiro atoms. The van der Waals surface area contributed by atoms with Crippen LogP contribution in [0.1, 0.15) is 42.7 Å². The summed E-state index contributed by atoms with van der Waals surface area (Å²) in [6, 6.07) is 12.7. The number of nitrogens with two attached hydrogens (primary N) is 1. The third-order valence-electron chi connectivity index (χ3n) is 5.59. The fourth-order valence-corrected chi connectivity index (χ4v) is 4.17. The zero-order chi connectivity index (χ0) is 21.4. The van der Waals surface area contributed by atoms with Gasteiger partial charge in [-0.3, -0.25) is 4.79 Å². The lowest BCUT2D eigenvalue weighted by Crippen LogP contribution is -2.18. The van der Waals surface area contributed by atoms with Crippen molar-refractivity contribution in [3.05, 3.63) is 70.7 Å². The number of carbonyl (C=O) groups excluding carboxylic acids is 1. The number of rotatable bonds is 4. The van der Waals surface area contributed by atoms with Gasteiger partial charge in [0.25, 0.3) is 0 Å². The van der Waals surface area contributed by atoms with E-state index in [4.69, 9.17) is 18.0 Å². The fraction of sp³-hybridized carbons (Fsp3) is 0.292. The molecule has 0 saturated heterocycles. The van der Waals surface area contributed by atoms with Crippen LogP contribution in [0.3, 0.4) is 0 Å². The molecule has 1 aliphatic carbocycles. The Morgan fingerprint density at radius 1 is 1.23 bits per heavy atom. The smallest absolute Gasteiger partial charge is 0.248 e. The summed E-state index contributed by atoms with van der Waals surface area (Å²) in [7, 11) is 0. The SMILES string of the molecule is CC(C)C(=O)N=C1CCc2c(c3cc(C(N)=S)ccc3n2Cc2cccc(F)c2)C1. The minimum Gasteiger partial charge on any atom is -0.389 e. The summed E-state index contributed by atoms with van der Waals surface area (Å²) in [6.07, 6.45) is 2.15. The van der Waals surface area contributed by atoms with E-state index in [2.05, 4.69) is 9.56 Å². The lowest BCUT2D eigenvalue weighted by Gasteiger charge is -2.18. The Kier molecular flexibility index (Phi) is 5.52. The first kappa shape index (κ1) is 20.4. The number of benzene rings is 2. The largest absolute Gasteiger partial charge is 0.389 e. The van der Waals surface area contributed by atoms with Crippen LogP contribution in [0.4, 0.5) is 4.39 Å². The molecule has 0 atom stereocenters. The van der Waals surface area contributed by atoms with Crippen LogP contribution >= 0.6 is 12.2 Å². The lowest BCUT2D eigenvalue weighted by atomic mass is 9.93. The van der Waals surface area contributed by atoms with Gasteiger partial charge in [0.2, 0.25) is 5.91 Å². The van der Waals surface area contributed by atoms with Crippen molar-refractivity contribution in [2.24, 2.45) is 16.6 Å². The van der Waals surface area contributed by atoms with Crippen molar-refractivity contribution in [3.8, 4) is 0 Å². The maximum atomic E-state index is 13.7. The van der Waals surface area contributed by atoms with Crippen LogP contribution < -0.4 is 5.73 Å². The maximum Gasteiger partial charge on any atom is 0.248 e. The number of hydrogen-bond acceptors (Lipinski definition) is 2. The van der Waals surface area contributed by atoms with Crippen molar-refractivity contribution in [3.63, 3.8) is 0 Å². The molecule has 1 aromatic heterocycles. The van der Waals surface area contributed by atoms with Gasteiger partial charge in [0.15, 0.2) is 0 Å². The number of nitrogens with zero attached hydrogens (tertiary/aromatic N) is 2. The number of hydrogen-bond donors (Lipinski definition) is 1. The van der Waals surface area contributed by atoms with Crippen molar-refractivity contribution < 1.29 is 9.18 Å². The molecule has 30 heavy (non-hydrogen) atoms. The molecule has 0 saturated carbocycles. The Balaban J connectivity index is 1.84. The minimum atomic E-state index is -0.241. The first-order valence-corrected chi connectivity index (χ1v) is 10.5. The zero-order valence-corrected chi connectivity index (χ0v) is 17.9. The number of aliphatic imine (C=N–C) groups is 1. The van der Waals surface area contributed by atoms with Crippen LogP contribution in [0.15, 0.2) is 47.5 Å². The Labute approximate surface area is 180 Å². The number of amides is 1. The summed E-state index contributed by atoms with van der Waals surface area (Å²) in [4.78, 5) is 16.9. The second kappa shape index (κ2) is 8.11. The van der Waals surface area contributed by atoms with Gasteiger partial charge in [0.1, 0.15) is 10.8 Å². The highest BCUT2D eigenvalue weighted by Crippen LogP contribution is 2.33. The predicted octanol–water partition coefficient (Wildman–Crippen LogP) is 4.58. The summed E-state index contributed by atoms with van der Waals surface area (Å²) >= 11 is 5.18. The topological polar surface area (TPSA) is 60.4 Å². The van der Waals surface area contributed by atoms with Crippen molar-refractivity contribution in [1.82, 2.24) is 4.57 Å². The molecule has 154 valence electrons. The quantitative estimate of drug-likeness (QED) is 0.628. The first-order chi connectivity index (χ1) is 14.3. The second-order valence-electron chi connectivity index (χ2n) is 8.09. The maximum absolute atomic E-state index is 13.7. The van der Waals surface area contributed by atoms with Crippen molar-refractivity contribution in [1.29, 1.82) is 0 Å². The van der Waals surface area contributed by atoms with Crippen LogP contribution in [0, 0.1) is 11.7 Å². The third-order valence-corrected chi connectivity index (χ3v) is 5.83. The van der Waals surface area contributed by atoms with Gasteiger partial charge in [-0.05, 0) is 54.3 Å². The van der Waals surface area contributed by atoms with Crippen molar-refractivity contribution >= 4 is 39.7 Å². The third kappa shape index (κ3) is 3.92. The zero-order valence-electron chi connectivity index (χ0n) is 17.1. The summed E-state index contributed by atoms with van der Waals surface area (Å²) in [5.41, 5.74) is 11.9. The normalized spacial score (nSPS) is 15.0. The van der Waals surface area contributed by atoms with E-state index in [-0.39, 0.29) is 17.6 Å². The molecule has 6 heteroatoms. The molecular formula is C24H24FN3OS. The van der Waals surface area contributed by atoms with Crippen LogP contribution in [0.5, 0.6) is 0 Å². The predicted molar refractivity (Wildman–Crippen MR) is 123 cm³/mol. The average molecular weight is 422 g/mol. The number of carbonyl (C=O) groups is 1. The first-order valence-electron chi connectivity index (χ1n) is 10.1. The number of fused-ring (bicyclic) bond motifs is 3. The molecule has 2 aromatic carbocycles. The van der Waals surface area contributed by atoms with E-state index in [9.17, 15) is 9.18 Å². The fourth-order valence-electron chi connectivity index (χ4n) is 4.05. The Bertz CT molecular complexity index is 1190. The van der Waals surface area contributed by atoms with E-state index in [1.807, 2.05) is 38.1 Å². The van der Waals surface area contributed by atoms with Gasteiger partial charge >= 0.3 is 0 Å². The lowest BCUT2D eigenvalue weighted by molar-refractivity contribution is -0.120. The Morgan fingerprint density at radius 2 is 2.03 bits per heavy atom. The van der Waals surface area contributed by atoms with Gasteiger partial charge in [-0.1, -0.05) is 38.2 Å². The highest BCUT2D eigenvalue weighted by Gasteiger charge is 2.24. The van der Waals surface area contributed by atoms with Gasteiger partial charge in [0.05, 0.1) is 0 Å². The summed E-state index contributed by atoms with van der Waals surface area (Å²) < 4.78 is 16.0. The van der Waals surface area contributed by atoms with Crippen LogP contribution in [-0.2, 0) is 24.2 Å². The Morgan fingerprint density at radius 3 is 2.73 bits per heavy atom. The Hall–Kier alpha value is -2.86. The average Bonchev–Trinajstić information content (AvgIpc) is 3.00. The molecule has 0 fully saturated rings. The van der Waals surface area contributed by atoms with Gasteiger partial charge in [0, 0.05) is 46.8 Å². The van der Waals surface area contributed by atoms with Gasteiger partial charge in [-0.2, -0.15) is 0 Å². The van der Waals surface area contributed by atoms with Crippen LogP contribution in [-0.4, -0.2) is 21.2 Å². The molecule has 2 N–H and O–H groups in total. The highest BCUT2D eigenvalue weighted by atomic mass is 32.1. The molecule has 4 rings (SSSR count). The summed E-state index contributed by atoms with van der Waals surface area (Å²) in [6.45, 7) is 4.30. The molecule has 4 nitrogen and oxygen atoms in total. The minimum absolute atomic E-state index is 0.0826. The molecule has 0 unspecified atom stereocenters. The molecule has 3 aromatic rings. The van der Waals surface area contributed by atoms with Crippen molar-refractivity contribution in [2.75, 3.05) is 0 Å². The van der Waals surface area contributed by atoms with E-state index in [0.29, 0.717) is 18.0 Å². The summed E-state index contributed by atoms with van der Waals surface area (Å²) in [5.74, 6) is -0.439. The second-order valence-corrected chi connectivity index (χ2v) is 8.53. The molecular weight excluding hydrogens is 397 g/mol. The van der Waals surface area contributed by atoms with E-state index in [1.54, 1.807) is 12.1 Å². The molecule has 1 amide bonds. The van der Waals surface area contributed by atoms with E-state index >= 15 is 0 Å². The van der Waals surface area contributed by atoms with Gasteiger partial charge in [-0.15, -0.1) is 0 Å². The van der Waals surface area contributed by atoms with Crippen LogP contribution in [0.25, 0.3) is 10.9 Å². The number of halogens is 1. The molecule has 0 aliphatic heterocycles. The molecule has 1 heterocycles. The van der Waals surface area contributed by atoms with Crippen LogP contribution in [0.2, 0.25) is 0 Å². The molecule has 1 aliphatic rings. The molecule has 0 radical (unpaired) electrons. The monoisotopic (exact) mass is 421 g/mol. The van der Waals surface area contributed by atoms with E-state index in [1.165, 1.54) is 11.8 Å². The van der Waals surface area contributed by atoms with E-state index < -0.39 is 0 Å². The summed E-state index contributed by atoms with van der Waals surface area (Å²) in [5, 5.41) is 1.07. The van der Waals surface area contributed by atoms with Gasteiger partial charge in [-0.25, -0.2) is 9.38 Å². The number of aromatic nitrogens is 1. The van der Waals surface area contributed by atoms with Crippen molar-refractivity contribution in [2.45, 2.75) is 39.7 Å². The highest BCUT2D eigenvalue weighted by molar-refractivity contribution is 7.80. The standard InChI is InChI=1S/C24H24FN3OS/c1-14(2)24(29)27-18-7-9-22-20(12-18)19-11-16(23(26)30)6-8-21(19)28(22)13-15-4-3-5-17(25)10-15/h3-6,8,10-11,14H,7,9,12-13H2,1-2H3,(H2,26,30). The molecule has 0 bridgehead atoms. The number of thiocarbonyl (C=S) groups is 1. The van der Waals surface area contributed by atoms with E-state index in [0.717, 1.165) is 46.1 Å².